The lowest BCUT2D eigenvalue weighted by Crippen LogP contribution is -2.13. The number of hydrogen-bond donors (Lipinski definition) is 1. The van der Waals surface area contributed by atoms with Gasteiger partial charge in [-0.1, -0.05) is 0 Å². The van der Waals surface area contributed by atoms with Crippen LogP contribution in [0.25, 0.3) is 10.9 Å². The number of benzene rings is 1. The largest absolute Gasteiger partial charge is 0.496 e. The third-order valence-corrected chi connectivity index (χ3v) is 3.03. The molecule has 1 aromatic carbocycles. The number of anilines is 1. The van der Waals surface area contributed by atoms with Crippen molar-refractivity contribution in [2.45, 2.75) is 13.1 Å². The van der Waals surface area contributed by atoms with E-state index in [4.69, 9.17) is 4.74 Å². The Labute approximate surface area is 112 Å². The quantitative estimate of drug-likeness (QED) is 0.855. The van der Waals surface area contributed by atoms with Gasteiger partial charge in [0.2, 0.25) is 0 Å². The van der Waals surface area contributed by atoms with Gasteiger partial charge < -0.3 is 10.1 Å². The number of rotatable bonds is 2. The number of nitrogens with one attached hydrogen (secondary N) is 1. The first-order valence-electron chi connectivity index (χ1n) is 5.73. The number of methoxy groups -OCH3 is 1. The second-order valence-electron chi connectivity index (χ2n) is 4.18. The van der Waals surface area contributed by atoms with Crippen molar-refractivity contribution in [3.8, 4) is 5.75 Å². The summed E-state index contributed by atoms with van der Waals surface area (Å²) >= 11 is 0. The molecule has 0 amide bonds. The van der Waals surface area contributed by atoms with E-state index in [1.54, 1.807) is 0 Å². The molecular formula is C13H12F4N2O. The Balaban J connectivity index is 2.99. The van der Waals surface area contributed by atoms with E-state index in [0.717, 1.165) is 6.07 Å². The highest BCUT2D eigenvalue weighted by Crippen LogP contribution is 2.40. The molecule has 0 aliphatic rings. The summed E-state index contributed by atoms with van der Waals surface area (Å²) in [5.74, 6) is -0.571. The molecule has 0 aliphatic heterocycles. The summed E-state index contributed by atoms with van der Waals surface area (Å²) in [6, 6.07) is 2.38. The molecule has 0 radical (unpaired) electrons. The number of alkyl halides is 3. The number of pyridine rings is 1. The van der Waals surface area contributed by atoms with Crippen LogP contribution in [0.3, 0.4) is 0 Å². The van der Waals surface area contributed by atoms with E-state index in [2.05, 4.69) is 10.3 Å². The van der Waals surface area contributed by atoms with Gasteiger partial charge in [-0.05, 0) is 19.1 Å². The number of fused-ring (bicyclic) bond motifs is 1. The minimum absolute atomic E-state index is 0.101. The molecule has 1 heterocycles. The Morgan fingerprint density at radius 1 is 1.25 bits per heavy atom. The maximum Gasteiger partial charge on any atom is 0.433 e. The zero-order chi connectivity index (χ0) is 15.1. The zero-order valence-electron chi connectivity index (χ0n) is 11.0. The highest BCUT2D eigenvalue weighted by atomic mass is 19.4. The van der Waals surface area contributed by atoms with E-state index in [-0.39, 0.29) is 27.9 Å². The van der Waals surface area contributed by atoms with E-state index < -0.39 is 17.7 Å². The average Bonchev–Trinajstić information content (AvgIpc) is 2.37. The summed E-state index contributed by atoms with van der Waals surface area (Å²) in [5.41, 5.74) is -1.43. The average molecular weight is 288 g/mol. The van der Waals surface area contributed by atoms with Gasteiger partial charge in [-0.2, -0.15) is 13.2 Å². The molecule has 20 heavy (non-hydrogen) atoms. The van der Waals surface area contributed by atoms with Gasteiger partial charge >= 0.3 is 6.18 Å². The maximum absolute atomic E-state index is 13.8. The van der Waals surface area contributed by atoms with Gasteiger partial charge in [0.25, 0.3) is 0 Å². The van der Waals surface area contributed by atoms with Crippen LogP contribution in [0, 0.1) is 12.7 Å². The summed E-state index contributed by atoms with van der Waals surface area (Å²) in [4.78, 5) is 3.44. The van der Waals surface area contributed by atoms with Crippen LogP contribution in [-0.2, 0) is 6.18 Å². The van der Waals surface area contributed by atoms with Crippen LogP contribution in [0.15, 0.2) is 12.1 Å². The standard InChI is InChI=1S/C13H12F4N2O/c1-6-10(18-2)9-8(20-3)5-4-7(14)11(9)19-12(6)13(15,16)17/h4-5H,1-3H3,(H,18,19). The predicted molar refractivity (Wildman–Crippen MR) is 67.5 cm³/mol. The highest BCUT2D eigenvalue weighted by Gasteiger charge is 2.36. The van der Waals surface area contributed by atoms with E-state index in [1.807, 2.05) is 0 Å². The van der Waals surface area contributed by atoms with Gasteiger partial charge in [0.15, 0.2) is 0 Å². The van der Waals surface area contributed by atoms with Crippen LogP contribution < -0.4 is 10.1 Å². The van der Waals surface area contributed by atoms with Gasteiger partial charge in [0, 0.05) is 12.6 Å². The maximum atomic E-state index is 13.8. The van der Waals surface area contributed by atoms with Crippen molar-refractivity contribution in [2.75, 3.05) is 19.5 Å². The molecule has 108 valence electrons. The summed E-state index contributed by atoms with van der Waals surface area (Å²) in [7, 11) is 2.82. The minimum atomic E-state index is -4.65. The molecule has 0 aliphatic carbocycles. The lowest BCUT2D eigenvalue weighted by Gasteiger charge is -2.17. The fourth-order valence-electron chi connectivity index (χ4n) is 2.16. The lowest BCUT2D eigenvalue weighted by molar-refractivity contribution is -0.141. The van der Waals surface area contributed by atoms with Crippen LogP contribution >= 0.6 is 0 Å². The number of halogens is 4. The Kier molecular flexibility index (Phi) is 3.45. The van der Waals surface area contributed by atoms with Crippen LogP contribution in [0.2, 0.25) is 0 Å². The molecule has 2 rings (SSSR count). The third-order valence-electron chi connectivity index (χ3n) is 3.03. The summed E-state index contributed by atoms with van der Waals surface area (Å²) in [5, 5.41) is 2.86. The van der Waals surface area contributed by atoms with E-state index >= 15 is 0 Å². The molecule has 0 fully saturated rings. The van der Waals surface area contributed by atoms with Gasteiger partial charge in [0.05, 0.1) is 18.2 Å². The fraction of sp³-hybridized carbons (Fsp3) is 0.308. The molecular weight excluding hydrogens is 276 g/mol. The topological polar surface area (TPSA) is 34.2 Å². The van der Waals surface area contributed by atoms with Crippen molar-refractivity contribution >= 4 is 16.6 Å². The molecule has 0 unspecified atom stereocenters. The summed E-state index contributed by atoms with van der Waals surface area (Å²) < 4.78 is 57.8. The first kappa shape index (κ1) is 14.4. The number of hydrogen-bond acceptors (Lipinski definition) is 3. The SMILES string of the molecule is CNc1c(C)c(C(F)(F)F)nc2c(F)ccc(OC)c12. The number of ether oxygens (including phenoxy) is 1. The molecule has 0 atom stereocenters. The third kappa shape index (κ3) is 2.13. The Bertz CT molecular complexity index is 668. The first-order valence-corrected chi connectivity index (χ1v) is 5.73. The molecule has 2 aromatic rings. The molecule has 1 aromatic heterocycles. The Morgan fingerprint density at radius 2 is 1.90 bits per heavy atom. The van der Waals surface area contributed by atoms with Gasteiger partial charge in [-0.15, -0.1) is 0 Å². The molecule has 7 heteroatoms. The molecule has 0 saturated heterocycles. The zero-order valence-corrected chi connectivity index (χ0v) is 11.0. The Hall–Kier alpha value is -2.05. The molecule has 0 bridgehead atoms. The second kappa shape index (κ2) is 4.81. The smallest absolute Gasteiger partial charge is 0.433 e. The van der Waals surface area contributed by atoms with Crippen molar-refractivity contribution in [3.63, 3.8) is 0 Å². The monoisotopic (exact) mass is 288 g/mol. The van der Waals surface area contributed by atoms with Crippen molar-refractivity contribution in [3.05, 3.63) is 29.2 Å². The van der Waals surface area contributed by atoms with E-state index in [1.165, 1.54) is 27.1 Å². The van der Waals surface area contributed by atoms with E-state index in [0.29, 0.717) is 0 Å². The fourth-order valence-corrected chi connectivity index (χ4v) is 2.16. The lowest BCUT2D eigenvalue weighted by atomic mass is 10.1. The van der Waals surface area contributed by atoms with Crippen LogP contribution in [0.5, 0.6) is 5.75 Å². The second-order valence-corrected chi connectivity index (χ2v) is 4.18. The van der Waals surface area contributed by atoms with Crippen molar-refractivity contribution in [1.82, 2.24) is 4.98 Å². The van der Waals surface area contributed by atoms with Gasteiger partial charge in [-0.25, -0.2) is 9.37 Å². The molecule has 3 nitrogen and oxygen atoms in total. The van der Waals surface area contributed by atoms with Crippen molar-refractivity contribution < 1.29 is 22.3 Å². The number of nitrogens with zero attached hydrogens (tertiary/aromatic N) is 1. The van der Waals surface area contributed by atoms with E-state index in [9.17, 15) is 17.6 Å². The summed E-state index contributed by atoms with van der Waals surface area (Å²) in [6.07, 6.45) is -4.65. The van der Waals surface area contributed by atoms with Crippen LogP contribution in [-0.4, -0.2) is 19.1 Å². The molecule has 1 N–H and O–H groups in total. The predicted octanol–water partition coefficient (Wildman–Crippen LogP) is 3.75. The first-order chi connectivity index (χ1) is 9.31. The Morgan fingerprint density at radius 3 is 2.40 bits per heavy atom. The van der Waals surface area contributed by atoms with Crippen molar-refractivity contribution in [2.24, 2.45) is 0 Å². The normalized spacial score (nSPS) is 11.8. The number of aromatic nitrogens is 1. The summed E-state index contributed by atoms with van der Waals surface area (Å²) in [6.45, 7) is 1.28. The molecule has 0 saturated carbocycles. The van der Waals surface area contributed by atoms with Crippen LogP contribution in [0.4, 0.5) is 23.2 Å². The van der Waals surface area contributed by atoms with Gasteiger partial charge in [-0.3, -0.25) is 0 Å². The van der Waals surface area contributed by atoms with Crippen molar-refractivity contribution in [1.29, 1.82) is 0 Å². The molecule has 0 spiro atoms. The van der Waals surface area contributed by atoms with Crippen LogP contribution in [0.1, 0.15) is 11.3 Å². The minimum Gasteiger partial charge on any atom is -0.496 e. The van der Waals surface area contributed by atoms with Gasteiger partial charge in [0.1, 0.15) is 22.8 Å². The highest BCUT2D eigenvalue weighted by molar-refractivity contribution is 5.98.